The fourth-order valence-corrected chi connectivity index (χ4v) is 14.3. The lowest BCUT2D eigenvalue weighted by Crippen LogP contribution is -2.29. The van der Waals surface area contributed by atoms with Gasteiger partial charge in [0.25, 0.3) is 0 Å². The SMILES string of the molecule is Cc1ccc(N(c2ccc(C)cc2)c2ccc(C3(c4ccc(N(c5ccc(C)cc5)c5ccc(C)cc5)cc4)c4cc(Br)ccc4-c4ccc(Br)cc43)cc2)cc1.Cc1ccc(N(c2ccccc2)c2ccc(C)cc2)cc1.O=C1c2cc(Br)ccc2-c2ccc(Br)cc21. The molecule has 2 aliphatic rings. The Labute approximate surface area is 586 Å². The zero-order valence-corrected chi connectivity index (χ0v) is 59.4. The molecule has 0 atom stereocenters. The van der Waals surface area contributed by atoms with Gasteiger partial charge in [-0.3, -0.25) is 4.79 Å². The number of benzene rings is 13. The first kappa shape index (κ1) is 63.6. The van der Waals surface area contributed by atoms with Crippen LogP contribution in [0, 0.1) is 41.5 Å². The zero-order valence-electron chi connectivity index (χ0n) is 53.1. The molecule has 0 N–H and O–H groups in total. The van der Waals surface area contributed by atoms with Crippen molar-refractivity contribution in [2.45, 2.75) is 47.0 Å². The molecule has 0 amide bonds. The third-order valence-corrected chi connectivity index (χ3v) is 19.7. The first-order valence-electron chi connectivity index (χ1n) is 31.4. The fraction of sp³-hybridized carbons (Fsp3) is 0.0814. The molecule has 94 heavy (non-hydrogen) atoms. The molecular formula is C86H67Br4N3O. The number of aryl methyl sites for hydroxylation is 6. The van der Waals surface area contributed by atoms with Crippen LogP contribution in [0.2, 0.25) is 0 Å². The van der Waals surface area contributed by atoms with E-state index in [2.05, 4.69) is 375 Å². The van der Waals surface area contributed by atoms with Gasteiger partial charge >= 0.3 is 0 Å². The Morgan fingerprint density at radius 1 is 0.234 bits per heavy atom. The van der Waals surface area contributed by atoms with E-state index in [9.17, 15) is 4.79 Å². The lowest BCUT2D eigenvalue weighted by molar-refractivity contribution is 0.104. The number of ketones is 1. The Morgan fingerprint density at radius 3 is 0.723 bits per heavy atom. The fourth-order valence-electron chi connectivity index (χ4n) is 12.9. The minimum Gasteiger partial charge on any atom is -0.311 e. The zero-order chi connectivity index (χ0) is 65.2. The molecule has 0 aliphatic heterocycles. The van der Waals surface area contributed by atoms with E-state index in [1.54, 1.807) is 0 Å². The molecule has 13 aromatic carbocycles. The van der Waals surface area contributed by atoms with Crippen LogP contribution in [0.1, 0.15) is 71.6 Å². The maximum absolute atomic E-state index is 12.2. The molecule has 460 valence electrons. The van der Waals surface area contributed by atoms with Crippen LogP contribution in [0.25, 0.3) is 22.3 Å². The number of hydrogen-bond acceptors (Lipinski definition) is 4. The highest BCUT2D eigenvalue weighted by molar-refractivity contribution is 9.11. The number of carbonyl (C=O) groups is 1. The molecular weight excluding hydrogens is 1410 g/mol. The number of anilines is 9. The van der Waals surface area contributed by atoms with Crippen molar-refractivity contribution in [3.8, 4) is 22.3 Å². The van der Waals surface area contributed by atoms with Crippen LogP contribution in [0.3, 0.4) is 0 Å². The van der Waals surface area contributed by atoms with E-state index in [4.69, 9.17) is 0 Å². The summed E-state index contributed by atoms with van der Waals surface area (Å²) < 4.78 is 3.99. The molecule has 13 aromatic rings. The van der Waals surface area contributed by atoms with Gasteiger partial charge in [-0.15, -0.1) is 0 Å². The predicted octanol–water partition coefficient (Wildman–Crippen LogP) is 25.9. The molecule has 4 nitrogen and oxygen atoms in total. The van der Waals surface area contributed by atoms with E-state index in [-0.39, 0.29) is 5.78 Å². The van der Waals surface area contributed by atoms with Crippen LogP contribution >= 0.6 is 63.7 Å². The van der Waals surface area contributed by atoms with Gasteiger partial charge in [-0.1, -0.05) is 237 Å². The van der Waals surface area contributed by atoms with Crippen molar-refractivity contribution in [2.75, 3.05) is 14.7 Å². The Morgan fingerprint density at radius 2 is 0.457 bits per heavy atom. The molecule has 2 aliphatic carbocycles. The van der Waals surface area contributed by atoms with Crippen molar-refractivity contribution in [3.05, 3.63) is 382 Å². The van der Waals surface area contributed by atoms with Gasteiger partial charge in [0.1, 0.15) is 0 Å². The summed E-state index contributed by atoms with van der Waals surface area (Å²) in [6.45, 7) is 12.8. The minimum absolute atomic E-state index is 0.104. The summed E-state index contributed by atoms with van der Waals surface area (Å²) in [5.41, 5.74) is 28.2. The highest BCUT2D eigenvalue weighted by atomic mass is 79.9. The second-order valence-corrected chi connectivity index (χ2v) is 28.0. The molecule has 0 bridgehead atoms. The van der Waals surface area contributed by atoms with Crippen LogP contribution in [0.15, 0.2) is 315 Å². The first-order chi connectivity index (χ1) is 45.6. The van der Waals surface area contributed by atoms with Crippen LogP contribution in [-0.4, -0.2) is 5.78 Å². The lowest BCUT2D eigenvalue weighted by atomic mass is 9.67. The Balaban J connectivity index is 0.000000174. The highest BCUT2D eigenvalue weighted by Crippen LogP contribution is 2.58. The van der Waals surface area contributed by atoms with Crippen molar-refractivity contribution >= 4 is 121 Å². The lowest BCUT2D eigenvalue weighted by Gasteiger charge is -2.35. The largest absolute Gasteiger partial charge is 0.311 e. The molecule has 0 radical (unpaired) electrons. The normalized spacial score (nSPS) is 12.0. The van der Waals surface area contributed by atoms with Crippen LogP contribution < -0.4 is 14.7 Å². The monoisotopic (exact) mass is 1470 g/mol. The molecule has 0 fully saturated rings. The van der Waals surface area contributed by atoms with Gasteiger partial charge in [0.15, 0.2) is 5.78 Å². The second kappa shape index (κ2) is 27.4. The standard InChI is InChI=1S/C53H42Br2N2.C20H19N.C13H6Br2O/c1-35-5-19-43(20-6-35)56(44-21-7-36(2)8-22-44)47-27-13-39(14-28-47)53(51-33-41(54)17-31-49(51)50-32-18-42(55)34-52(50)53)40-15-29-48(30-16-40)57(45-23-9-37(3)10-24-45)46-25-11-38(4)12-26-46;1-16-8-12-19(13-9-16)21(18-6-4-3-5-7-18)20-14-10-17(2)11-15-20;14-7-1-3-9-10-4-2-8(15)6-12(10)13(16)11(9)5-7/h5-34H,1-4H3;3-15H,1-2H3;1-6H. The third kappa shape index (κ3) is 13.0. The van der Waals surface area contributed by atoms with Crippen LogP contribution in [0.4, 0.5) is 51.2 Å². The van der Waals surface area contributed by atoms with E-state index in [0.29, 0.717) is 0 Å². The molecule has 0 saturated heterocycles. The van der Waals surface area contributed by atoms with Crippen molar-refractivity contribution < 1.29 is 4.79 Å². The summed E-state index contributed by atoms with van der Waals surface area (Å²) in [7, 11) is 0. The van der Waals surface area contributed by atoms with Gasteiger partial charge < -0.3 is 14.7 Å². The quantitative estimate of drug-likeness (QED) is 0.129. The van der Waals surface area contributed by atoms with Crippen molar-refractivity contribution in [1.82, 2.24) is 0 Å². The maximum atomic E-state index is 12.2. The van der Waals surface area contributed by atoms with Crippen LogP contribution in [-0.2, 0) is 5.41 Å². The number of para-hydroxylation sites is 1. The summed E-state index contributed by atoms with van der Waals surface area (Å²) in [5.74, 6) is 0.104. The summed E-state index contributed by atoms with van der Waals surface area (Å²) in [6.07, 6.45) is 0. The van der Waals surface area contributed by atoms with E-state index in [1.807, 2.05) is 42.5 Å². The minimum atomic E-state index is -0.591. The number of hydrogen-bond donors (Lipinski definition) is 0. The second-order valence-electron chi connectivity index (χ2n) is 24.3. The molecule has 8 heteroatoms. The average Bonchev–Trinajstić information content (AvgIpc) is 1.52. The molecule has 0 spiro atoms. The third-order valence-electron chi connectivity index (χ3n) is 17.7. The summed E-state index contributed by atoms with van der Waals surface area (Å²) in [6, 6.07) is 107. The summed E-state index contributed by atoms with van der Waals surface area (Å²) in [5, 5.41) is 0. The van der Waals surface area contributed by atoms with E-state index < -0.39 is 5.41 Å². The Kier molecular flexibility index (Phi) is 18.6. The van der Waals surface area contributed by atoms with Crippen molar-refractivity contribution in [1.29, 1.82) is 0 Å². The average molecular weight is 1480 g/mol. The van der Waals surface area contributed by atoms with Crippen LogP contribution in [0.5, 0.6) is 0 Å². The highest BCUT2D eigenvalue weighted by Gasteiger charge is 2.46. The van der Waals surface area contributed by atoms with Gasteiger partial charge in [0, 0.05) is 80.2 Å². The maximum Gasteiger partial charge on any atom is 0.194 e. The summed E-state index contributed by atoms with van der Waals surface area (Å²) >= 11 is 14.5. The predicted molar refractivity (Wildman–Crippen MR) is 409 cm³/mol. The number of rotatable bonds is 11. The van der Waals surface area contributed by atoms with Gasteiger partial charge in [-0.05, 0) is 244 Å². The summed E-state index contributed by atoms with van der Waals surface area (Å²) in [4.78, 5) is 19.1. The molecule has 0 saturated carbocycles. The molecule has 15 rings (SSSR count). The van der Waals surface area contributed by atoms with E-state index in [1.165, 1.54) is 83.8 Å². The van der Waals surface area contributed by atoms with E-state index in [0.717, 1.165) is 74.3 Å². The van der Waals surface area contributed by atoms with Gasteiger partial charge in [-0.25, -0.2) is 0 Å². The Hall–Kier alpha value is -9.15. The van der Waals surface area contributed by atoms with Crippen molar-refractivity contribution in [3.63, 3.8) is 0 Å². The smallest absolute Gasteiger partial charge is 0.194 e. The van der Waals surface area contributed by atoms with Gasteiger partial charge in [0.05, 0.1) is 5.41 Å². The Bertz CT molecular complexity index is 4480. The first-order valence-corrected chi connectivity index (χ1v) is 34.6. The van der Waals surface area contributed by atoms with Crippen molar-refractivity contribution in [2.24, 2.45) is 0 Å². The number of carbonyl (C=O) groups excluding carboxylic acids is 1. The number of fused-ring (bicyclic) bond motifs is 6. The molecule has 0 unspecified atom stereocenters. The topological polar surface area (TPSA) is 26.8 Å². The molecule has 0 aromatic heterocycles. The molecule has 0 heterocycles. The van der Waals surface area contributed by atoms with E-state index >= 15 is 0 Å². The van der Waals surface area contributed by atoms with Gasteiger partial charge in [0.2, 0.25) is 0 Å². The number of halogens is 4. The van der Waals surface area contributed by atoms with Gasteiger partial charge in [-0.2, -0.15) is 0 Å². The number of nitrogens with zero attached hydrogens (tertiary/aromatic N) is 3.